The van der Waals surface area contributed by atoms with Crippen LogP contribution in [-0.2, 0) is 0 Å². The number of para-hydroxylation sites is 1. The summed E-state index contributed by atoms with van der Waals surface area (Å²) in [5.41, 5.74) is 4.08. The van der Waals surface area contributed by atoms with E-state index in [2.05, 4.69) is 15.6 Å². The van der Waals surface area contributed by atoms with Crippen molar-refractivity contribution in [1.29, 1.82) is 0 Å². The predicted molar refractivity (Wildman–Crippen MR) is 108 cm³/mol. The molecule has 2 N–H and O–H groups in total. The lowest BCUT2D eigenvalue weighted by Crippen LogP contribution is -2.15. The molecule has 2 aromatic carbocycles. The SMILES string of the molecule is Cc1cccc(C)c1Nc1ncccc1C(=O)Nc1ccc(Cl)c(Cl)c1. The number of aryl methyl sites for hydroxylation is 2. The standard InChI is InChI=1S/C20H17Cl2N3O/c1-12-5-3-6-13(2)18(12)25-19-15(7-4-10-23-19)20(26)24-14-8-9-16(21)17(22)11-14/h3-11H,1-2H3,(H,23,25)(H,24,26). The quantitative estimate of drug-likeness (QED) is 0.578. The maximum atomic E-state index is 12.7. The van der Waals surface area contributed by atoms with E-state index in [0.717, 1.165) is 16.8 Å². The molecule has 1 heterocycles. The zero-order valence-corrected chi connectivity index (χ0v) is 15.8. The average molecular weight is 386 g/mol. The first kappa shape index (κ1) is 18.2. The van der Waals surface area contributed by atoms with E-state index in [4.69, 9.17) is 23.2 Å². The van der Waals surface area contributed by atoms with Crippen LogP contribution >= 0.6 is 23.2 Å². The maximum absolute atomic E-state index is 12.7. The Morgan fingerprint density at radius 2 is 1.69 bits per heavy atom. The Kier molecular flexibility index (Phi) is 5.45. The number of nitrogens with one attached hydrogen (secondary N) is 2. The molecule has 0 unspecified atom stereocenters. The van der Waals surface area contributed by atoms with Crippen LogP contribution in [0.15, 0.2) is 54.7 Å². The zero-order valence-electron chi connectivity index (χ0n) is 14.3. The molecule has 6 heteroatoms. The minimum atomic E-state index is -0.287. The minimum Gasteiger partial charge on any atom is -0.339 e. The second kappa shape index (κ2) is 7.77. The van der Waals surface area contributed by atoms with Gasteiger partial charge in [-0.05, 0) is 55.3 Å². The number of pyridine rings is 1. The molecule has 3 rings (SSSR count). The third kappa shape index (κ3) is 3.98. The van der Waals surface area contributed by atoms with Crippen LogP contribution < -0.4 is 10.6 Å². The summed E-state index contributed by atoms with van der Waals surface area (Å²) in [4.78, 5) is 17.1. The number of hydrogen-bond donors (Lipinski definition) is 2. The molecule has 0 saturated carbocycles. The second-order valence-corrected chi connectivity index (χ2v) is 6.69. The van der Waals surface area contributed by atoms with Crippen LogP contribution in [0.1, 0.15) is 21.5 Å². The van der Waals surface area contributed by atoms with Crippen LogP contribution in [0.25, 0.3) is 0 Å². The highest BCUT2D eigenvalue weighted by Gasteiger charge is 2.14. The van der Waals surface area contributed by atoms with Gasteiger partial charge in [0.05, 0.1) is 15.6 Å². The van der Waals surface area contributed by atoms with Crippen molar-refractivity contribution in [1.82, 2.24) is 4.98 Å². The summed E-state index contributed by atoms with van der Waals surface area (Å²) in [7, 11) is 0. The highest BCUT2D eigenvalue weighted by Crippen LogP contribution is 2.27. The Morgan fingerprint density at radius 3 is 2.38 bits per heavy atom. The molecule has 1 amide bonds. The molecule has 1 aromatic heterocycles. The first-order chi connectivity index (χ1) is 12.5. The van der Waals surface area contributed by atoms with Gasteiger partial charge in [-0.15, -0.1) is 0 Å². The number of carbonyl (C=O) groups is 1. The van der Waals surface area contributed by atoms with Gasteiger partial charge in [0.1, 0.15) is 5.82 Å². The lowest BCUT2D eigenvalue weighted by molar-refractivity contribution is 0.102. The summed E-state index contributed by atoms with van der Waals surface area (Å²) >= 11 is 11.9. The van der Waals surface area contributed by atoms with Crippen molar-refractivity contribution in [2.24, 2.45) is 0 Å². The van der Waals surface area contributed by atoms with Crippen molar-refractivity contribution < 1.29 is 4.79 Å². The van der Waals surface area contributed by atoms with E-state index in [0.29, 0.717) is 27.1 Å². The van der Waals surface area contributed by atoms with Crippen molar-refractivity contribution >= 4 is 46.3 Å². The number of amides is 1. The Hall–Kier alpha value is -2.56. The smallest absolute Gasteiger partial charge is 0.259 e. The number of carbonyl (C=O) groups excluding carboxylic acids is 1. The molecule has 0 aliphatic heterocycles. The van der Waals surface area contributed by atoms with Crippen molar-refractivity contribution in [3.8, 4) is 0 Å². The summed E-state index contributed by atoms with van der Waals surface area (Å²) in [6, 6.07) is 14.4. The molecule has 0 radical (unpaired) electrons. The van der Waals surface area contributed by atoms with Gasteiger partial charge in [0.15, 0.2) is 0 Å². The molecule has 3 aromatic rings. The van der Waals surface area contributed by atoms with Gasteiger partial charge in [-0.1, -0.05) is 41.4 Å². The van der Waals surface area contributed by atoms with Crippen LogP contribution in [0, 0.1) is 13.8 Å². The number of hydrogen-bond acceptors (Lipinski definition) is 3. The lowest BCUT2D eigenvalue weighted by atomic mass is 10.1. The van der Waals surface area contributed by atoms with Crippen molar-refractivity contribution in [2.45, 2.75) is 13.8 Å². The van der Waals surface area contributed by atoms with E-state index >= 15 is 0 Å². The molecule has 0 atom stereocenters. The molecule has 26 heavy (non-hydrogen) atoms. The largest absolute Gasteiger partial charge is 0.339 e. The fraction of sp³-hybridized carbons (Fsp3) is 0.100. The summed E-state index contributed by atoms with van der Waals surface area (Å²) in [6.45, 7) is 4.02. The molecule has 0 spiro atoms. The van der Waals surface area contributed by atoms with E-state index in [1.165, 1.54) is 0 Å². The minimum absolute atomic E-state index is 0.287. The predicted octanol–water partition coefficient (Wildman–Crippen LogP) is 6.00. The molecule has 132 valence electrons. The molecule has 0 bridgehead atoms. The van der Waals surface area contributed by atoms with E-state index < -0.39 is 0 Å². The molecule has 0 aliphatic rings. The monoisotopic (exact) mass is 385 g/mol. The van der Waals surface area contributed by atoms with Gasteiger partial charge < -0.3 is 10.6 Å². The van der Waals surface area contributed by atoms with Gasteiger partial charge >= 0.3 is 0 Å². The Morgan fingerprint density at radius 1 is 0.962 bits per heavy atom. The summed E-state index contributed by atoms with van der Waals surface area (Å²) in [5, 5.41) is 6.91. The van der Waals surface area contributed by atoms with Crippen LogP contribution in [0.3, 0.4) is 0 Å². The van der Waals surface area contributed by atoms with Crippen LogP contribution in [0.5, 0.6) is 0 Å². The zero-order chi connectivity index (χ0) is 18.7. The Bertz CT molecular complexity index is 953. The fourth-order valence-corrected chi connectivity index (χ4v) is 2.89. The van der Waals surface area contributed by atoms with Crippen LogP contribution in [0.4, 0.5) is 17.2 Å². The molecule has 0 saturated heterocycles. The Balaban J connectivity index is 1.89. The maximum Gasteiger partial charge on any atom is 0.259 e. The molecule has 0 fully saturated rings. The van der Waals surface area contributed by atoms with E-state index in [1.54, 1.807) is 36.5 Å². The fourth-order valence-electron chi connectivity index (χ4n) is 2.59. The molecule has 4 nitrogen and oxygen atoms in total. The average Bonchev–Trinajstić information content (AvgIpc) is 2.62. The second-order valence-electron chi connectivity index (χ2n) is 5.87. The third-order valence-corrected chi connectivity index (χ3v) is 4.69. The molecular formula is C20H17Cl2N3O. The van der Waals surface area contributed by atoms with Gasteiger partial charge in [-0.2, -0.15) is 0 Å². The molecule has 0 aliphatic carbocycles. The van der Waals surface area contributed by atoms with Crippen molar-refractivity contribution in [3.05, 3.63) is 81.5 Å². The van der Waals surface area contributed by atoms with E-state index in [-0.39, 0.29) is 5.91 Å². The number of anilines is 3. The summed E-state index contributed by atoms with van der Waals surface area (Å²) in [5.74, 6) is 0.202. The number of nitrogens with zero attached hydrogens (tertiary/aromatic N) is 1. The van der Waals surface area contributed by atoms with E-state index in [9.17, 15) is 4.79 Å². The Labute approximate surface area is 162 Å². The summed E-state index contributed by atoms with van der Waals surface area (Å²) < 4.78 is 0. The number of rotatable bonds is 4. The van der Waals surface area contributed by atoms with Crippen LogP contribution in [-0.4, -0.2) is 10.9 Å². The summed E-state index contributed by atoms with van der Waals surface area (Å²) in [6.07, 6.45) is 1.64. The highest BCUT2D eigenvalue weighted by molar-refractivity contribution is 6.42. The van der Waals surface area contributed by atoms with Crippen LogP contribution in [0.2, 0.25) is 10.0 Å². The first-order valence-electron chi connectivity index (χ1n) is 8.00. The highest BCUT2D eigenvalue weighted by atomic mass is 35.5. The lowest BCUT2D eigenvalue weighted by Gasteiger charge is -2.15. The van der Waals surface area contributed by atoms with Gasteiger partial charge in [0.25, 0.3) is 5.91 Å². The topological polar surface area (TPSA) is 54.0 Å². The normalized spacial score (nSPS) is 10.5. The van der Waals surface area contributed by atoms with Gasteiger partial charge in [0, 0.05) is 17.6 Å². The van der Waals surface area contributed by atoms with Crippen molar-refractivity contribution in [2.75, 3.05) is 10.6 Å². The van der Waals surface area contributed by atoms with Gasteiger partial charge in [-0.3, -0.25) is 4.79 Å². The van der Waals surface area contributed by atoms with Gasteiger partial charge in [-0.25, -0.2) is 4.98 Å². The number of halogens is 2. The number of aromatic nitrogens is 1. The number of benzene rings is 2. The first-order valence-corrected chi connectivity index (χ1v) is 8.76. The molecular weight excluding hydrogens is 369 g/mol. The van der Waals surface area contributed by atoms with E-state index in [1.807, 2.05) is 32.0 Å². The van der Waals surface area contributed by atoms with Crippen molar-refractivity contribution in [3.63, 3.8) is 0 Å². The third-order valence-electron chi connectivity index (χ3n) is 3.95. The van der Waals surface area contributed by atoms with Gasteiger partial charge in [0.2, 0.25) is 0 Å².